The first kappa shape index (κ1) is 16.5. The van der Waals surface area contributed by atoms with Gasteiger partial charge in [0.25, 0.3) is 10.0 Å². The minimum absolute atomic E-state index is 0.0135. The van der Waals surface area contributed by atoms with Crippen molar-refractivity contribution >= 4 is 16.1 Å². The van der Waals surface area contributed by atoms with E-state index in [2.05, 4.69) is 0 Å². The van der Waals surface area contributed by atoms with Crippen LogP contribution in [0.1, 0.15) is 26.3 Å². The normalized spacial score (nSPS) is 11.4. The van der Waals surface area contributed by atoms with Gasteiger partial charge in [-0.1, -0.05) is 31.5 Å². The van der Waals surface area contributed by atoms with Gasteiger partial charge in [0.2, 0.25) is 0 Å². The maximum Gasteiger partial charge on any atom is 0.423 e. The fourth-order valence-corrected chi connectivity index (χ4v) is 3.11. The Kier molecular flexibility index (Phi) is 5.56. The number of rotatable bonds is 5. The number of benzene rings is 1. The molecule has 0 saturated carbocycles. The molecule has 0 saturated heterocycles. The fourth-order valence-electron chi connectivity index (χ4n) is 1.64. The highest BCUT2D eigenvalue weighted by Gasteiger charge is 2.30. The zero-order chi connectivity index (χ0) is 15.3. The summed E-state index contributed by atoms with van der Waals surface area (Å²) in [5.74, 6) is 0.0135. The molecule has 0 radical (unpaired) electrons. The molecule has 6 heteroatoms. The average Bonchev–Trinajstić information content (AvgIpc) is 2.36. The topological polar surface area (TPSA) is 63.7 Å². The van der Waals surface area contributed by atoms with Gasteiger partial charge in [0.05, 0.1) is 11.5 Å². The lowest BCUT2D eigenvalue weighted by Crippen LogP contribution is -2.39. The van der Waals surface area contributed by atoms with Crippen molar-refractivity contribution in [3.8, 4) is 0 Å². The fraction of sp³-hybridized carbons (Fsp3) is 0.500. The maximum absolute atomic E-state index is 12.5. The van der Waals surface area contributed by atoms with Gasteiger partial charge >= 0.3 is 6.09 Å². The molecule has 1 rings (SSSR count). The molecule has 0 aromatic heterocycles. The summed E-state index contributed by atoms with van der Waals surface area (Å²) >= 11 is 0. The number of hydrogen-bond acceptors (Lipinski definition) is 4. The summed E-state index contributed by atoms with van der Waals surface area (Å²) in [6.45, 7) is 7.43. The number of carbonyl (C=O) groups excluding carboxylic acids is 1. The first-order valence-corrected chi connectivity index (χ1v) is 7.99. The Morgan fingerprint density at radius 1 is 1.25 bits per heavy atom. The summed E-state index contributed by atoms with van der Waals surface area (Å²) in [4.78, 5) is 12.0. The molecule has 20 heavy (non-hydrogen) atoms. The number of amides is 1. The van der Waals surface area contributed by atoms with E-state index < -0.39 is 16.1 Å². The second-order valence-electron chi connectivity index (χ2n) is 4.94. The van der Waals surface area contributed by atoms with E-state index in [0.717, 1.165) is 9.87 Å². The molecule has 0 spiro atoms. The predicted octanol–water partition coefficient (Wildman–Crippen LogP) is 2.80. The van der Waals surface area contributed by atoms with E-state index in [4.69, 9.17) is 4.74 Å². The molecule has 5 nitrogen and oxygen atoms in total. The highest BCUT2D eigenvalue weighted by atomic mass is 32.2. The van der Waals surface area contributed by atoms with E-state index in [-0.39, 0.29) is 24.0 Å². The Morgan fingerprint density at radius 3 is 2.25 bits per heavy atom. The van der Waals surface area contributed by atoms with Crippen molar-refractivity contribution in [2.24, 2.45) is 5.92 Å². The molecule has 0 aliphatic carbocycles. The van der Waals surface area contributed by atoms with Crippen LogP contribution in [0.15, 0.2) is 29.2 Å². The predicted molar refractivity (Wildman–Crippen MR) is 76.9 cm³/mol. The minimum atomic E-state index is -3.88. The van der Waals surface area contributed by atoms with Gasteiger partial charge in [-0.25, -0.2) is 17.5 Å². The third-order valence-corrected chi connectivity index (χ3v) is 4.36. The van der Waals surface area contributed by atoms with E-state index in [0.29, 0.717) is 0 Å². The monoisotopic (exact) mass is 299 g/mol. The van der Waals surface area contributed by atoms with Crippen LogP contribution in [0.4, 0.5) is 4.79 Å². The molecule has 0 atom stereocenters. The van der Waals surface area contributed by atoms with Crippen LogP contribution in [0, 0.1) is 12.8 Å². The number of sulfonamides is 1. The van der Waals surface area contributed by atoms with Gasteiger partial charge in [-0.2, -0.15) is 0 Å². The molecule has 1 aromatic rings. The molecule has 0 fully saturated rings. The number of nitrogens with zero attached hydrogens (tertiary/aromatic N) is 1. The Bertz CT molecular complexity index is 549. The van der Waals surface area contributed by atoms with Crippen LogP contribution in [-0.2, 0) is 14.8 Å². The van der Waals surface area contributed by atoms with Crippen LogP contribution >= 0.6 is 0 Å². The number of carbonyl (C=O) groups is 1. The maximum atomic E-state index is 12.5. The van der Waals surface area contributed by atoms with Gasteiger partial charge in [-0.3, -0.25) is 0 Å². The SMILES string of the molecule is CCOC(=O)N(CC(C)C)S(=O)(=O)c1ccc(C)cc1. The van der Waals surface area contributed by atoms with Crippen molar-refractivity contribution in [2.75, 3.05) is 13.2 Å². The molecular weight excluding hydrogens is 278 g/mol. The Balaban J connectivity index is 3.16. The first-order valence-electron chi connectivity index (χ1n) is 6.55. The molecule has 1 amide bonds. The standard InChI is InChI=1S/C14H21NO4S/c1-5-19-14(16)15(10-11(2)3)20(17,18)13-8-6-12(4)7-9-13/h6-9,11H,5,10H2,1-4H3. The van der Waals surface area contributed by atoms with E-state index in [1.807, 2.05) is 20.8 Å². The van der Waals surface area contributed by atoms with Crippen LogP contribution in [0.2, 0.25) is 0 Å². The van der Waals surface area contributed by atoms with E-state index in [9.17, 15) is 13.2 Å². The molecule has 112 valence electrons. The number of aryl methyl sites for hydroxylation is 1. The average molecular weight is 299 g/mol. The second kappa shape index (κ2) is 6.74. The van der Waals surface area contributed by atoms with Crippen molar-refractivity contribution in [3.63, 3.8) is 0 Å². The number of ether oxygens (including phenoxy) is 1. The smallest absolute Gasteiger partial charge is 0.423 e. The molecular formula is C14H21NO4S. The molecule has 0 aliphatic rings. The van der Waals surface area contributed by atoms with Crippen LogP contribution in [0.3, 0.4) is 0 Å². The van der Waals surface area contributed by atoms with E-state index in [1.165, 1.54) is 12.1 Å². The summed E-state index contributed by atoms with van der Waals surface area (Å²) in [5, 5.41) is 0. The third kappa shape index (κ3) is 3.96. The Hall–Kier alpha value is -1.56. The van der Waals surface area contributed by atoms with Gasteiger partial charge in [0.1, 0.15) is 0 Å². The van der Waals surface area contributed by atoms with Crippen molar-refractivity contribution in [3.05, 3.63) is 29.8 Å². The summed E-state index contributed by atoms with van der Waals surface area (Å²) in [6.07, 6.45) is -0.832. The Morgan fingerprint density at radius 2 is 1.80 bits per heavy atom. The third-order valence-electron chi connectivity index (χ3n) is 2.61. The lowest BCUT2D eigenvalue weighted by atomic mass is 10.2. The molecule has 0 aliphatic heterocycles. The summed E-state index contributed by atoms with van der Waals surface area (Å²) in [6, 6.07) is 6.39. The van der Waals surface area contributed by atoms with Crippen molar-refractivity contribution < 1.29 is 17.9 Å². The summed E-state index contributed by atoms with van der Waals surface area (Å²) in [7, 11) is -3.88. The second-order valence-corrected chi connectivity index (χ2v) is 6.80. The molecule has 0 N–H and O–H groups in total. The zero-order valence-electron chi connectivity index (χ0n) is 12.3. The highest BCUT2D eigenvalue weighted by molar-refractivity contribution is 7.89. The van der Waals surface area contributed by atoms with Crippen LogP contribution in [0.5, 0.6) is 0 Å². The lowest BCUT2D eigenvalue weighted by Gasteiger charge is -2.23. The van der Waals surface area contributed by atoms with Crippen molar-refractivity contribution in [1.82, 2.24) is 4.31 Å². The lowest BCUT2D eigenvalue weighted by molar-refractivity contribution is 0.128. The van der Waals surface area contributed by atoms with Gasteiger partial charge in [0.15, 0.2) is 0 Å². The van der Waals surface area contributed by atoms with Crippen molar-refractivity contribution in [1.29, 1.82) is 0 Å². The summed E-state index contributed by atoms with van der Waals surface area (Å²) in [5.41, 5.74) is 0.954. The van der Waals surface area contributed by atoms with Gasteiger partial charge in [0, 0.05) is 6.54 Å². The molecule has 0 bridgehead atoms. The van der Waals surface area contributed by atoms with Gasteiger partial charge in [-0.05, 0) is 31.9 Å². The van der Waals surface area contributed by atoms with Crippen LogP contribution in [-0.4, -0.2) is 32.0 Å². The number of hydrogen-bond donors (Lipinski definition) is 0. The van der Waals surface area contributed by atoms with Crippen molar-refractivity contribution in [2.45, 2.75) is 32.6 Å². The quantitative estimate of drug-likeness (QED) is 0.838. The largest absolute Gasteiger partial charge is 0.449 e. The highest BCUT2D eigenvalue weighted by Crippen LogP contribution is 2.18. The zero-order valence-corrected chi connectivity index (χ0v) is 13.1. The van der Waals surface area contributed by atoms with E-state index >= 15 is 0 Å². The van der Waals surface area contributed by atoms with Crippen LogP contribution in [0.25, 0.3) is 0 Å². The van der Waals surface area contributed by atoms with Gasteiger partial charge in [-0.15, -0.1) is 0 Å². The Labute approximate surface area is 120 Å². The minimum Gasteiger partial charge on any atom is -0.449 e. The molecule has 0 heterocycles. The first-order chi connectivity index (χ1) is 9.28. The van der Waals surface area contributed by atoms with E-state index in [1.54, 1.807) is 19.1 Å². The van der Waals surface area contributed by atoms with Crippen LogP contribution < -0.4 is 0 Å². The molecule has 0 unspecified atom stereocenters. The summed E-state index contributed by atoms with van der Waals surface area (Å²) < 4.78 is 30.7. The van der Waals surface area contributed by atoms with Gasteiger partial charge < -0.3 is 4.74 Å². The molecule has 1 aromatic carbocycles.